The van der Waals surface area contributed by atoms with Gasteiger partial charge in [-0.05, 0) is 24.5 Å². The monoisotopic (exact) mass is 229 g/mol. The van der Waals surface area contributed by atoms with Crippen LogP contribution in [0.2, 0.25) is 0 Å². The minimum atomic E-state index is 0.0208. The maximum Gasteiger partial charge on any atom is 0.0951 e. The number of rotatable bonds is 4. The number of benzene rings is 1. The van der Waals surface area contributed by atoms with Crippen molar-refractivity contribution < 1.29 is 0 Å². The van der Waals surface area contributed by atoms with Gasteiger partial charge in [-0.1, -0.05) is 31.2 Å². The van der Waals surface area contributed by atoms with Crippen molar-refractivity contribution in [3.8, 4) is 0 Å². The largest absolute Gasteiger partial charge is 0.329 e. The first kappa shape index (κ1) is 11.9. The van der Waals surface area contributed by atoms with Crippen LogP contribution in [0.25, 0.3) is 0 Å². The predicted molar refractivity (Wildman–Crippen MR) is 69.8 cm³/mol. The molecule has 0 unspecified atom stereocenters. The van der Waals surface area contributed by atoms with Gasteiger partial charge in [0.1, 0.15) is 0 Å². The molecular weight excluding hydrogens is 210 g/mol. The van der Waals surface area contributed by atoms with Gasteiger partial charge in [-0.3, -0.25) is 0 Å². The summed E-state index contributed by atoms with van der Waals surface area (Å²) in [7, 11) is 0. The summed E-state index contributed by atoms with van der Waals surface area (Å²) >= 11 is 0. The molecule has 2 N–H and O–H groups in total. The van der Waals surface area contributed by atoms with Gasteiger partial charge >= 0.3 is 0 Å². The summed E-state index contributed by atoms with van der Waals surface area (Å²) in [5, 5.41) is 0. The molecule has 1 aromatic carbocycles. The third-order valence-corrected chi connectivity index (χ3v) is 3.00. The van der Waals surface area contributed by atoms with Gasteiger partial charge in [0.05, 0.1) is 12.0 Å². The maximum atomic E-state index is 5.90. The maximum absolute atomic E-state index is 5.90. The number of nitrogens with zero attached hydrogens (tertiary/aromatic N) is 2. The third kappa shape index (κ3) is 2.74. The van der Waals surface area contributed by atoms with Gasteiger partial charge in [0.15, 0.2) is 0 Å². The molecule has 3 nitrogen and oxygen atoms in total. The molecule has 90 valence electrons. The Morgan fingerprint density at radius 3 is 2.47 bits per heavy atom. The molecule has 0 radical (unpaired) electrons. The van der Waals surface area contributed by atoms with Crippen molar-refractivity contribution in [3.63, 3.8) is 0 Å². The van der Waals surface area contributed by atoms with Crippen LogP contribution in [0.1, 0.15) is 36.7 Å². The third-order valence-electron chi connectivity index (χ3n) is 3.00. The average molecular weight is 229 g/mol. The number of aromatic nitrogens is 2. The lowest BCUT2D eigenvalue weighted by Crippen LogP contribution is -2.12. The van der Waals surface area contributed by atoms with Crippen LogP contribution < -0.4 is 5.73 Å². The summed E-state index contributed by atoms with van der Waals surface area (Å²) in [5.74, 6) is 0. The smallest absolute Gasteiger partial charge is 0.0951 e. The highest BCUT2D eigenvalue weighted by Crippen LogP contribution is 2.12. The molecule has 2 aromatic rings. The highest BCUT2D eigenvalue weighted by molar-refractivity contribution is 5.23. The van der Waals surface area contributed by atoms with E-state index >= 15 is 0 Å². The standard InChI is InChI=1S/C14H19N3/c1-3-12-4-6-13(7-5-12)9-17-10-16-8-14(17)11(2)15/h4-8,10-11H,3,9,15H2,1-2H3/t11-/m0/s1. The molecule has 1 aromatic heterocycles. The molecule has 0 aliphatic rings. The van der Waals surface area contributed by atoms with E-state index in [0.717, 1.165) is 18.7 Å². The van der Waals surface area contributed by atoms with Crippen molar-refractivity contribution in [3.05, 3.63) is 53.6 Å². The molecule has 3 heteroatoms. The van der Waals surface area contributed by atoms with E-state index in [9.17, 15) is 0 Å². The van der Waals surface area contributed by atoms with E-state index in [-0.39, 0.29) is 6.04 Å². The van der Waals surface area contributed by atoms with E-state index in [1.54, 1.807) is 0 Å². The van der Waals surface area contributed by atoms with Crippen LogP contribution in [-0.4, -0.2) is 9.55 Å². The van der Waals surface area contributed by atoms with Gasteiger partial charge in [0.2, 0.25) is 0 Å². The Kier molecular flexibility index (Phi) is 3.59. The second kappa shape index (κ2) is 5.15. The molecule has 0 aliphatic carbocycles. The summed E-state index contributed by atoms with van der Waals surface area (Å²) in [5.41, 5.74) is 9.62. The summed E-state index contributed by atoms with van der Waals surface area (Å²) in [6.45, 7) is 4.98. The van der Waals surface area contributed by atoms with Crippen molar-refractivity contribution in [2.75, 3.05) is 0 Å². The lowest BCUT2D eigenvalue weighted by Gasteiger charge is -2.11. The van der Waals surface area contributed by atoms with Gasteiger partial charge in [0, 0.05) is 18.8 Å². The normalized spacial score (nSPS) is 12.6. The molecule has 0 spiro atoms. The van der Waals surface area contributed by atoms with Gasteiger partial charge < -0.3 is 10.3 Å². The molecule has 0 aliphatic heterocycles. The fourth-order valence-electron chi connectivity index (χ4n) is 1.92. The highest BCUT2D eigenvalue weighted by Gasteiger charge is 2.06. The summed E-state index contributed by atoms with van der Waals surface area (Å²) in [4.78, 5) is 4.16. The topological polar surface area (TPSA) is 43.8 Å². The van der Waals surface area contributed by atoms with E-state index in [1.165, 1.54) is 11.1 Å². The Balaban J connectivity index is 2.16. The number of aryl methyl sites for hydroxylation is 1. The molecule has 0 amide bonds. The number of nitrogens with two attached hydrogens (primary N) is 1. The average Bonchev–Trinajstić information content (AvgIpc) is 2.78. The lowest BCUT2D eigenvalue weighted by molar-refractivity contribution is 0.674. The first-order valence-corrected chi connectivity index (χ1v) is 6.04. The predicted octanol–water partition coefficient (Wildman–Crippen LogP) is 2.51. The van der Waals surface area contributed by atoms with Crippen LogP contribution in [0.3, 0.4) is 0 Å². The molecular formula is C14H19N3. The lowest BCUT2D eigenvalue weighted by atomic mass is 10.1. The van der Waals surface area contributed by atoms with Gasteiger partial charge in [-0.25, -0.2) is 4.98 Å². The van der Waals surface area contributed by atoms with Crippen LogP contribution in [0.5, 0.6) is 0 Å². The molecule has 0 fully saturated rings. The summed E-state index contributed by atoms with van der Waals surface area (Å²) in [6.07, 6.45) is 4.76. The van der Waals surface area contributed by atoms with Gasteiger partial charge in [0.25, 0.3) is 0 Å². The summed E-state index contributed by atoms with van der Waals surface area (Å²) < 4.78 is 2.10. The van der Waals surface area contributed by atoms with Crippen LogP contribution in [0, 0.1) is 0 Å². The molecule has 1 atom stereocenters. The minimum Gasteiger partial charge on any atom is -0.329 e. The number of hydrogen-bond acceptors (Lipinski definition) is 2. The van der Waals surface area contributed by atoms with Crippen molar-refractivity contribution in [2.45, 2.75) is 32.9 Å². The molecule has 2 rings (SSSR count). The van der Waals surface area contributed by atoms with Crippen molar-refractivity contribution in [1.29, 1.82) is 0 Å². The van der Waals surface area contributed by atoms with Crippen molar-refractivity contribution in [1.82, 2.24) is 9.55 Å². The van der Waals surface area contributed by atoms with Crippen molar-refractivity contribution in [2.24, 2.45) is 5.73 Å². The first-order chi connectivity index (χ1) is 8.20. The number of hydrogen-bond donors (Lipinski definition) is 1. The van der Waals surface area contributed by atoms with E-state index < -0.39 is 0 Å². The first-order valence-electron chi connectivity index (χ1n) is 6.04. The highest BCUT2D eigenvalue weighted by atomic mass is 15.1. The molecule has 0 bridgehead atoms. The molecule has 0 saturated heterocycles. The van der Waals surface area contributed by atoms with Gasteiger partial charge in [-0.15, -0.1) is 0 Å². The Hall–Kier alpha value is -1.61. The second-order valence-corrected chi connectivity index (χ2v) is 4.41. The Morgan fingerprint density at radius 2 is 1.88 bits per heavy atom. The van der Waals surface area contributed by atoms with Gasteiger partial charge in [-0.2, -0.15) is 0 Å². The molecule has 1 heterocycles. The van der Waals surface area contributed by atoms with Crippen LogP contribution in [0.4, 0.5) is 0 Å². The Bertz CT molecular complexity index is 468. The zero-order valence-electron chi connectivity index (χ0n) is 10.4. The number of imidazole rings is 1. The zero-order valence-corrected chi connectivity index (χ0v) is 10.4. The van der Waals surface area contributed by atoms with Crippen LogP contribution >= 0.6 is 0 Å². The quantitative estimate of drug-likeness (QED) is 0.875. The van der Waals surface area contributed by atoms with E-state index in [0.29, 0.717) is 0 Å². The van der Waals surface area contributed by atoms with Crippen molar-refractivity contribution >= 4 is 0 Å². The SMILES string of the molecule is CCc1ccc(Cn2cncc2[C@H](C)N)cc1. The van der Waals surface area contributed by atoms with E-state index in [2.05, 4.69) is 40.7 Å². The van der Waals surface area contributed by atoms with Crippen LogP contribution in [0.15, 0.2) is 36.8 Å². The van der Waals surface area contributed by atoms with Crippen LogP contribution in [-0.2, 0) is 13.0 Å². The fraction of sp³-hybridized carbons (Fsp3) is 0.357. The van der Waals surface area contributed by atoms with E-state index in [4.69, 9.17) is 5.73 Å². The molecule has 17 heavy (non-hydrogen) atoms. The zero-order chi connectivity index (χ0) is 12.3. The fourth-order valence-corrected chi connectivity index (χ4v) is 1.92. The molecule has 0 saturated carbocycles. The summed E-state index contributed by atoms with van der Waals surface area (Å²) in [6, 6.07) is 8.72. The second-order valence-electron chi connectivity index (χ2n) is 4.41. The Morgan fingerprint density at radius 1 is 1.24 bits per heavy atom. The minimum absolute atomic E-state index is 0.0208. The van der Waals surface area contributed by atoms with E-state index in [1.807, 2.05) is 19.4 Å². The Labute approximate surface area is 102 Å².